The van der Waals surface area contributed by atoms with E-state index < -0.39 is 22.7 Å². The zero-order valence-electron chi connectivity index (χ0n) is 19.9. The van der Waals surface area contributed by atoms with E-state index in [1.165, 1.54) is 29.2 Å². The monoisotopic (exact) mass is 490 g/mol. The molecule has 1 saturated heterocycles. The van der Waals surface area contributed by atoms with Crippen molar-refractivity contribution in [3.05, 3.63) is 94.1 Å². The fourth-order valence-corrected chi connectivity index (χ4v) is 4.20. The van der Waals surface area contributed by atoms with Gasteiger partial charge in [0.25, 0.3) is 17.4 Å². The van der Waals surface area contributed by atoms with Crippen molar-refractivity contribution in [2.24, 2.45) is 0 Å². The number of carbonyl (C=O) groups is 2. The smallest absolute Gasteiger partial charge is 0.295 e. The number of nitro benzene ring substituents is 1. The second-order valence-corrected chi connectivity index (χ2v) is 8.69. The normalized spacial score (nSPS) is 17.1. The molecule has 0 radical (unpaired) electrons. The lowest BCUT2D eigenvalue weighted by atomic mass is 9.95. The molecule has 36 heavy (non-hydrogen) atoms. The molecule has 0 aliphatic carbocycles. The predicted octanol–water partition coefficient (Wildman–Crippen LogP) is 4.09. The molecule has 1 aliphatic rings. The van der Waals surface area contributed by atoms with Gasteiger partial charge in [0, 0.05) is 43.2 Å². The predicted molar refractivity (Wildman–Crippen MR) is 131 cm³/mol. The van der Waals surface area contributed by atoms with Crippen LogP contribution < -0.4 is 4.74 Å². The van der Waals surface area contributed by atoms with Crippen LogP contribution in [0.3, 0.4) is 0 Å². The van der Waals surface area contributed by atoms with Crippen molar-refractivity contribution < 1.29 is 24.4 Å². The highest BCUT2D eigenvalue weighted by molar-refractivity contribution is 6.46. The summed E-state index contributed by atoms with van der Waals surface area (Å²) >= 11 is 0. The minimum absolute atomic E-state index is 0.0285. The molecule has 1 aromatic heterocycles. The number of rotatable bonds is 9. The van der Waals surface area contributed by atoms with Crippen molar-refractivity contribution >= 4 is 23.1 Å². The van der Waals surface area contributed by atoms with Crippen LogP contribution in [0, 0.1) is 10.1 Å². The molecule has 1 fully saturated rings. The number of imidazole rings is 1. The Kier molecular flexibility index (Phi) is 7.14. The number of likely N-dealkylation sites (tertiary alicyclic amines) is 1. The summed E-state index contributed by atoms with van der Waals surface area (Å²) in [7, 11) is 0. The van der Waals surface area contributed by atoms with Crippen LogP contribution in [0.2, 0.25) is 0 Å². The van der Waals surface area contributed by atoms with Gasteiger partial charge in [0.2, 0.25) is 0 Å². The van der Waals surface area contributed by atoms with Gasteiger partial charge in [-0.2, -0.15) is 0 Å². The largest absolute Gasteiger partial charge is 0.507 e. The average Bonchev–Trinajstić information content (AvgIpc) is 3.46. The molecule has 1 atom stereocenters. The third kappa shape index (κ3) is 5.12. The number of aromatic nitrogens is 2. The van der Waals surface area contributed by atoms with Crippen molar-refractivity contribution in [3.63, 3.8) is 0 Å². The van der Waals surface area contributed by atoms with Gasteiger partial charge in [-0.3, -0.25) is 19.7 Å². The Hall–Kier alpha value is -4.47. The molecule has 10 heteroatoms. The highest BCUT2D eigenvalue weighted by atomic mass is 16.6. The van der Waals surface area contributed by atoms with Crippen LogP contribution in [0.1, 0.15) is 37.4 Å². The molecule has 10 nitrogen and oxygen atoms in total. The summed E-state index contributed by atoms with van der Waals surface area (Å²) in [5.41, 5.74) is 0.670. The number of Topliss-reactive ketones (excluding diaryl/α,β-unsaturated/α-hetero) is 1. The molecule has 0 saturated carbocycles. The number of ketones is 1. The third-order valence-electron chi connectivity index (χ3n) is 5.83. The lowest BCUT2D eigenvalue weighted by Crippen LogP contribution is -2.31. The van der Waals surface area contributed by atoms with E-state index in [0.717, 1.165) is 0 Å². The zero-order chi connectivity index (χ0) is 25.8. The van der Waals surface area contributed by atoms with Gasteiger partial charge in [-0.25, -0.2) is 4.98 Å². The first-order valence-electron chi connectivity index (χ1n) is 11.5. The number of hydrogen-bond donors (Lipinski definition) is 1. The van der Waals surface area contributed by atoms with Crippen molar-refractivity contribution in [1.29, 1.82) is 0 Å². The highest BCUT2D eigenvalue weighted by Crippen LogP contribution is 2.40. The quantitative estimate of drug-likeness (QED) is 0.157. The Morgan fingerprint density at radius 1 is 1.11 bits per heavy atom. The minimum atomic E-state index is -0.889. The average molecular weight is 491 g/mol. The molecular formula is C26H26N4O6. The van der Waals surface area contributed by atoms with Crippen LogP contribution in [-0.4, -0.2) is 48.8 Å². The fraction of sp³-hybridized carbons (Fsp3) is 0.269. The third-order valence-corrected chi connectivity index (χ3v) is 5.83. The second-order valence-electron chi connectivity index (χ2n) is 8.69. The molecule has 2 aromatic carbocycles. The Balaban J connectivity index is 1.71. The number of carbonyl (C=O) groups excluding carboxylic acids is 2. The first-order valence-corrected chi connectivity index (χ1v) is 11.5. The molecule has 3 aromatic rings. The summed E-state index contributed by atoms with van der Waals surface area (Å²) in [6, 6.07) is 11.3. The van der Waals surface area contributed by atoms with Crippen LogP contribution >= 0.6 is 0 Å². The summed E-state index contributed by atoms with van der Waals surface area (Å²) < 4.78 is 7.50. The van der Waals surface area contributed by atoms with Gasteiger partial charge >= 0.3 is 0 Å². The van der Waals surface area contributed by atoms with E-state index in [1.54, 1.807) is 43.0 Å². The molecule has 186 valence electrons. The SMILES string of the molecule is CC(C)Oc1ccc(C(O)=C2C(=O)C(=O)N(CCCn3ccnc3)C2c2ccc([N+](=O)[O-])cc2)cc1. The maximum absolute atomic E-state index is 13.1. The minimum Gasteiger partial charge on any atom is -0.507 e. The van der Waals surface area contributed by atoms with Gasteiger partial charge in [0.05, 0.1) is 29.0 Å². The van der Waals surface area contributed by atoms with Crippen molar-refractivity contribution in [2.45, 2.75) is 39.0 Å². The Morgan fingerprint density at radius 3 is 2.39 bits per heavy atom. The standard InChI is InChI=1S/C26H26N4O6/c1-17(2)36-21-10-6-19(7-11-21)24(31)22-23(18-4-8-20(9-5-18)30(34)35)29(26(33)25(22)32)14-3-13-28-15-12-27-16-28/h4-12,15-17,23,31H,3,13-14H2,1-2H3. The maximum atomic E-state index is 13.1. The summed E-state index contributed by atoms with van der Waals surface area (Å²) in [5.74, 6) is -1.25. The molecule has 1 unspecified atom stereocenters. The first-order chi connectivity index (χ1) is 17.3. The van der Waals surface area contributed by atoms with E-state index in [-0.39, 0.29) is 29.7 Å². The van der Waals surface area contributed by atoms with Gasteiger partial charge < -0.3 is 19.3 Å². The number of ether oxygens (including phenoxy) is 1. The number of aliphatic hydroxyl groups is 1. The van der Waals surface area contributed by atoms with Crippen LogP contribution in [-0.2, 0) is 16.1 Å². The maximum Gasteiger partial charge on any atom is 0.295 e. The van der Waals surface area contributed by atoms with E-state index in [9.17, 15) is 24.8 Å². The molecule has 1 N–H and O–H groups in total. The summed E-state index contributed by atoms with van der Waals surface area (Å²) in [6.45, 7) is 4.61. The van der Waals surface area contributed by atoms with E-state index in [2.05, 4.69) is 4.98 Å². The molecule has 0 bridgehead atoms. The van der Waals surface area contributed by atoms with E-state index in [0.29, 0.717) is 29.8 Å². The Labute approximate surface area is 207 Å². The Morgan fingerprint density at radius 2 is 1.81 bits per heavy atom. The number of aliphatic hydroxyl groups excluding tert-OH is 1. The van der Waals surface area contributed by atoms with Crippen molar-refractivity contribution in [3.8, 4) is 5.75 Å². The summed E-state index contributed by atoms with van der Waals surface area (Å²) in [6.07, 6.45) is 5.62. The number of nitro groups is 1. The number of nitrogens with zero attached hydrogens (tertiary/aromatic N) is 4. The van der Waals surface area contributed by atoms with Crippen molar-refractivity contribution in [1.82, 2.24) is 14.5 Å². The van der Waals surface area contributed by atoms with Crippen molar-refractivity contribution in [2.75, 3.05) is 6.54 Å². The van der Waals surface area contributed by atoms with E-state index in [4.69, 9.17) is 4.74 Å². The molecule has 2 heterocycles. The molecule has 0 spiro atoms. The molecule has 4 rings (SSSR count). The van der Waals surface area contributed by atoms with Gasteiger partial charge in [0.1, 0.15) is 11.5 Å². The zero-order valence-corrected chi connectivity index (χ0v) is 19.9. The van der Waals surface area contributed by atoms with Crippen LogP contribution in [0.15, 0.2) is 72.8 Å². The van der Waals surface area contributed by atoms with Crippen LogP contribution in [0.5, 0.6) is 5.75 Å². The lowest BCUT2D eigenvalue weighted by molar-refractivity contribution is -0.384. The Bertz CT molecular complexity index is 1280. The molecular weight excluding hydrogens is 464 g/mol. The number of hydrogen-bond acceptors (Lipinski definition) is 7. The summed E-state index contributed by atoms with van der Waals surface area (Å²) in [4.78, 5) is 42.2. The van der Waals surface area contributed by atoms with E-state index in [1.807, 2.05) is 18.4 Å². The number of benzene rings is 2. The fourth-order valence-electron chi connectivity index (χ4n) is 4.20. The summed E-state index contributed by atoms with van der Waals surface area (Å²) in [5, 5.41) is 22.3. The molecule has 1 amide bonds. The number of aryl methyl sites for hydroxylation is 1. The van der Waals surface area contributed by atoms with Crippen LogP contribution in [0.25, 0.3) is 5.76 Å². The van der Waals surface area contributed by atoms with Crippen LogP contribution in [0.4, 0.5) is 5.69 Å². The second kappa shape index (κ2) is 10.4. The van der Waals surface area contributed by atoms with Gasteiger partial charge in [-0.1, -0.05) is 0 Å². The number of amides is 1. The van der Waals surface area contributed by atoms with Gasteiger partial charge in [-0.15, -0.1) is 0 Å². The molecule has 1 aliphatic heterocycles. The van der Waals surface area contributed by atoms with Gasteiger partial charge in [-0.05, 0) is 62.2 Å². The number of non-ortho nitro benzene ring substituents is 1. The lowest BCUT2D eigenvalue weighted by Gasteiger charge is -2.25. The van der Waals surface area contributed by atoms with E-state index >= 15 is 0 Å². The topological polar surface area (TPSA) is 128 Å². The highest BCUT2D eigenvalue weighted by Gasteiger charge is 2.45. The van der Waals surface area contributed by atoms with Gasteiger partial charge in [0.15, 0.2) is 0 Å². The first kappa shape index (κ1) is 24.6.